The second-order valence-corrected chi connectivity index (χ2v) is 5.35. The van der Waals surface area contributed by atoms with E-state index in [1.165, 1.54) is 10.9 Å². The summed E-state index contributed by atoms with van der Waals surface area (Å²) in [6.07, 6.45) is -1.25. The van der Waals surface area contributed by atoms with Crippen molar-refractivity contribution in [2.45, 2.75) is 50.4 Å². The fourth-order valence-electron chi connectivity index (χ4n) is 2.93. The van der Waals surface area contributed by atoms with E-state index in [4.69, 9.17) is 0 Å². The van der Waals surface area contributed by atoms with Gasteiger partial charge in [0.05, 0.1) is 6.04 Å². The molecule has 1 fully saturated rings. The molecular formula is C13H18F3N3O2. The van der Waals surface area contributed by atoms with Gasteiger partial charge in [-0.05, 0) is 38.3 Å². The third-order valence-corrected chi connectivity index (χ3v) is 3.92. The molecule has 2 atom stereocenters. The molecule has 1 aliphatic rings. The van der Waals surface area contributed by atoms with Crippen LogP contribution in [-0.4, -0.2) is 32.9 Å². The minimum atomic E-state index is -4.48. The number of halogens is 3. The lowest BCUT2D eigenvalue weighted by atomic mass is 9.79. The van der Waals surface area contributed by atoms with Crippen molar-refractivity contribution in [1.82, 2.24) is 15.1 Å². The number of rotatable bonds is 4. The molecule has 2 N–H and O–H groups in total. The monoisotopic (exact) mass is 305 g/mol. The van der Waals surface area contributed by atoms with Gasteiger partial charge in [0, 0.05) is 6.20 Å². The highest BCUT2D eigenvalue weighted by Gasteiger charge is 2.43. The highest BCUT2D eigenvalue weighted by Crippen LogP contribution is 2.36. The molecule has 1 aromatic rings. The summed E-state index contributed by atoms with van der Waals surface area (Å²) < 4.78 is 39.0. The zero-order chi connectivity index (χ0) is 15.7. The molecule has 1 aliphatic carbocycles. The lowest BCUT2D eigenvalue weighted by Gasteiger charge is -2.38. The van der Waals surface area contributed by atoms with Gasteiger partial charge >= 0.3 is 12.1 Å². The van der Waals surface area contributed by atoms with Gasteiger partial charge in [0.1, 0.15) is 5.54 Å². The molecule has 8 heteroatoms. The summed E-state index contributed by atoms with van der Waals surface area (Å²) in [5, 5.41) is 16.0. The lowest BCUT2D eigenvalue weighted by molar-refractivity contribution is -0.147. The van der Waals surface area contributed by atoms with E-state index in [9.17, 15) is 23.1 Å². The van der Waals surface area contributed by atoms with E-state index in [2.05, 4.69) is 10.4 Å². The molecule has 0 aliphatic heterocycles. The first-order chi connectivity index (χ1) is 9.78. The van der Waals surface area contributed by atoms with Crippen LogP contribution in [0.5, 0.6) is 0 Å². The molecule has 2 rings (SSSR count). The van der Waals surface area contributed by atoms with Gasteiger partial charge in [0.2, 0.25) is 0 Å². The Labute approximate surface area is 120 Å². The number of nitrogens with one attached hydrogen (secondary N) is 1. The predicted molar refractivity (Wildman–Crippen MR) is 68.8 cm³/mol. The third kappa shape index (κ3) is 3.20. The van der Waals surface area contributed by atoms with E-state index >= 15 is 0 Å². The van der Waals surface area contributed by atoms with Gasteiger partial charge in [-0.3, -0.25) is 9.48 Å². The molecule has 0 aromatic carbocycles. The Morgan fingerprint density at radius 1 is 1.62 bits per heavy atom. The second kappa shape index (κ2) is 5.67. The number of nitrogens with zero attached hydrogens (tertiary/aromatic N) is 2. The summed E-state index contributed by atoms with van der Waals surface area (Å²) >= 11 is 0. The van der Waals surface area contributed by atoms with Crippen LogP contribution in [-0.2, 0) is 11.0 Å². The number of carboxylic acids is 1. The highest BCUT2D eigenvalue weighted by atomic mass is 19.4. The molecular weight excluding hydrogens is 287 g/mol. The molecule has 0 bridgehead atoms. The van der Waals surface area contributed by atoms with E-state index < -0.39 is 23.4 Å². The summed E-state index contributed by atoms with van der Waals surface area (Å²) in [5.41, 5.74) is -2.03. The van der Waals surface area contributed by atoms with Crippen LogP contribution in [0.15, 0.2) is 12.3 Å². The maximum atomic E-state index is 12.6. The number of hydrogen-bond donors (Lipinski definition) is 2. The second-order valence-electron chi connectivity index (χ2n) is 5.35. The zero-order valence-electron chi connectivity index (χ0n) is 11.7. The Kier molecular flexibility index (Phi) is 4.27. The van der Waals surface area contributed by atoms with Crippen molar-refractivity contribution < 1.29 is 23.1 Å². The van der Waals surface area contributed by atoms with E-state index in [1.807, 2.05) is 6.92 Å². The Hall–Kier alpha value is -1.57. The lowest BCUT2D eigenvalue weighted by Crippen LogP contribution is -2.55. The van der Waals surface area contributed by atoms with Crippen LogP contribution in [0.2, 0.25) is 0 Å². The normalized spacial score (nSPS) is 26.8. The number of carbonyl (C=O) groups is 1. The number of likely N-dealkylation sites (N-methyl/N-ethyl adjacent to an activating group) is 1. The Bertz CT molecular complexity index is 511. The molecule has 1 heterocycles. The Morgan fingerprint density at radius 2 is 2.33 bits per heavy atom. The van der Waals surface area contributed by atoms with Crippen LogP contribution in [0.1, 0.15) is 44.3 Å². The molecule has 21 heavy (non-hydrogen) atoms. The van der Waals surface area contributed by atoms with Gasteiger partial charge in [-0.2, -0.15) is 18.3 Å². The van der Waals surface area contributed by atoms with Crippen molar-refractivity contribution in [1.29, 1.82) is 0 Å². The molecule has 118 valence electrons. The van der Waals surface area contributed by atoms with Crippen molar-refractivity contribution in [3.05, 3.63) is 18.0 Å². The van der Waals surface area contributed by atoms with Gasteiger partial charge in [0.25, 0.3) is 0 Å². The van der Waals surface area contributed by atoms with Gasteiger partial charge in [0.15, 0.2) is 5.69 Å². The SMILES string of the molecule is CCNC1(C(=O)O)CCCC(n2ccc(C(F)(F)F)n2)C1. The summed E-state index contributed by atoms with van der Waals surface area (Å²) in [7, 11) is 0. The zero-order valence-corrected chi connectivity index (χ0v) is 11.7. The molecule has 5 nitrogen and oxygen atoms in total. The highest BCUT2D eigenvalue weighted by molar-refractivity contribution is 5.79. The molecule has 0 radical (unpaired) electrons. The summed E-state index contributed by atoms with van der Waals surface area (Å²) in [6.45, 7) is 2.30. The maximum absolute atomic E-state index is 12.6. The number of aliphatic carboxylic acids is 1. The van der Waals surface area contributed by atoms with Crippen LogP contribution < -0.4 is 5.32 Å². The first kappa shape index (κ1) is 15.8. The van der Waals surface area contributed by atoms with Crippen LogP contribution >= 0.6 is 0 Å². The van der Waals surface area contributed by atoms with Crippen molar-refractivity contribution in [2.24, 2.45) is 0 Å². The topological polar surface area (TPSA) is 67.2 Å². The summed E-state index contributed by atoms with van der Waals surface area (Å²) in [6, 6.07) is 0.578. The van der Waals surface area contributed by atoms with Gasteiger partial charge in [-0.25, -0.2) is 0 Å². The van der Waals surface area contributed by atoms with Crippen LogP contribution in [0.3, 0.4) is 0 Å². The van der Waals surface area contributed by atoms with Crippen molar-refractivity contribution in [3.63, 3.8) is 0 Å². The molecule has 0 spiro atoms. The quantitative estimate of drug-likeness (QED) is 0.896. The fourth-order valence-corrected chi connectivity index (χ4v) is 2.93. The Morgan fingerprint density at radius 3 is 2.86 bits per heavy atom. The fraction of sp³-hybridized carbons (Fsp3) is 0.692. The third-order valence-electron chi connectivity index (χ3n) is 3.92. The molecule has 2 unspecified atom stereocenters. The summed E-state index contributed by atoms with van der Waals surface area (Å²) in [5.74, 6) is -0.961. The van der Waals surface area contributed by atoms with Gasteiger partial charge < -0.3 is 10.4 Å². The van der Waals surface area contributed by atoms with E-state index in [0.29, 0.717) is 25.8 Å². The molecule has 0 saturated heterocycles. The van der Waals surface area contributed by atoms with Crippen molar-refractivity contribution in [3.8, 4) is 0 Å². The summed E-state index contributed by atoms with van der Waals surface area (Å²) in [4.78, 5) is 11.5. The smallest absolute Gasteiger partial charge is 0.435 e. The largest absolute Gasteiger partial charge is 0.480 e. The minimum absolute atomic E-state index is 0.231. The van der Waals surface area contributed by atoms with E-state index in [-0.39, 0.29) is 12.5 Å². The molecule has 1 saturated carbocycles. The van der Waals surface area contributed by atoms with Crippen LogP contribution in [0.4, 0.5) is 13.2 Å². The number of aromatic nitrogens is 2. The van der Waals surface area contributed by atoms with E-state index in [0.717, 1.165) is 6.07 Å². The maximum Gasteiger partial charge on any atom is 0.435 e. The van der Waals surface area contributed by atoms with Gasteiger partial charge in [-0.15, -0.1) is 0 Å². The predicted octanol–water partition coefficient (Wildman–Crippen LogP) is 2.45. The van der Waals surface area contributed by atoms with E-state index in [1.54, 1.807) is 0 Å². The van der Waals surface area contributed by atoms with Crippen LogP contribution in [0.25, 0.3) is 0 Å². The standard InChI is InChI=1S/C13H18F3N3O2/c1-2-17-12(11(20)21)6-3-4-9(8-12)19-7-5-10(18-19)13(14,15)16/h5,7,9,17H,2-4,6,8H2,1H3,(H,20,21). The average Bonchev–Trinajstić information content (AvgIpc) is 2.88. The minimum Gasteiger partial charge on any atom is -0.480 e. The van der Waals surface area contributed by atoms with Crippen molar-refractivity contribution >= 4 is 5.97 Å². The molecule has 0 amide bonds. The number of carboxylic acid groups (broad SMARTS) is 1. The first-order valence-corrected chi connectivity index (χ1v) is 6.89. The number of alkyl halides is 3. The average molecular weight is 305 g/mol. The molecule has 1 aromatic heterocycles. The van der Waals surface area contributed by atoms with Crippen LogP contribution in [0, 0.1) is 0 Å². The van der Waals surface area contributed by atoms with Crippen molar-refractivity contribution in [2.75, 3.05) is 6.54 Å². The first-order valence-electron chi connectivity index (χ1n) is 6.89. The van der Waals surface area contributed by atoms with Gasteiger partial charge in [-0.1, -0.05) is 6.92 Å². The number of hydrogen-bond acceptors (Lipinski definition) is 3. The Balaban J connectivity index is 2.21.